The second kappa shape index (κ2) is 6.96. The van der Waals surface area contributed by atoms with Crippen molar-refractivity contribution >= 4 is 38.3 Å². The molecule has 0 spiro atoms. The summed E-state index contributed by atoms with van der Waals surface area (Å²) >= 11 is 1.68. The Balaban J connectivity index is 1.56. The lowest BCUT2D eigenvalue weighted by Crippen LogP contribution is -2.21. The van der Waals surface area contributed by atoms with Crippen LogP contribution in [0.25, 0.3) is 10.2 Å². The van der Waals surface area contributed by atoms with Crippen molar-refractivity contribution in [1.29, 1.82) is 0 Å². The second-order valence-electron chi connectivity index (χ2n) is 6.23. The highest BCUT2D eigenvalue weighted by Crippen LogP contribution is 2.31. The Labute approximate surface area is 156 Å². The number of fused-ring (bicyclic) bond motifs is 2. The molecule has 6 heteroatoms. The molecule has 1 aliphatic rings. The maximum Gasteiger partial charge on any atom is 0.255 e. The average molecular weight is 367 g/mol. The van der Waals surface area contributed by atoms with Gasteiger partial charge in [0.15, 0.2) is 5.13 Å². The third-order valence-electron chi connectivity index (χ3n) is 4.62. The molecule has 0 saturated heterocycles. The Morgan fingerprint density at radius 3 is 2.88 bits per heavy atom. The van der Waals surface area contributed by atoms with Crippen molar-refractivity contribution in [3.8, 4) is 5.75 Å². The van der Waals surface area contributed by atoms with E-state index in [4.69, 9.17) is 9.72 Å². The fourth-order valence-corrected chi connectivity index (χ4v) is 4.23. The summed E-state index contributed by atoms with van der Waals surface area (Å²) in [6.07, 6.45) is 0.857. The van der Waals surface area contributed by atoms with Crippen LogP contribution >= 0.6 is 11.3 Å². The number of aromatic nitrogens is 1. The molecule has 0 unspecified atom stereocenters. The number of rotatable bonds is 5. The highest BCUT2D eigenvalue weighted by molar-refractivity contribution is 7.22. The predicted octanol–water partition coefficient (Wildman–Crippen LogP) is 4.33. The van der Waals surface area contributed by atoms with Gasteiger partial charge in [-0.2, -0.15) is 0 Å². The summed E-state index contributed by atoms with van der Waals surface area (Å²) < 4.78 is 6.62. The zero-order valence-corrected chi connectivity index (χ0v) is 15.7. The Bertz CT molecular complexity index is 963. The molecule has 1 aromatic heterocycles. The normalized spacial score (nSPS) is 12.7. The third-order valence-corrected chi connectivity index (χ3v) is 5.72. The fraction of sp³-hybridized carbons (Fsp3) is 0.300. The molecular weight excluding hydrogens is 346 g/mol. The molecule has 2 heterocycles. The number of anilines is 2. The van der Waals surface area contributed by atoms with Crippen molar-refractivity contribution in [3.63, 3.8) is 0 Å². The molecular formula is C20H21N3O2S. The standard InChI is InChI=1S/C20H21N3O2S/c1-3-23(4-2)20-22-16-12-15(6-8-18(16)26-20)21-19(24)14-5-7-17-13(11-14)9-10-25-17/h5-8,11-12H,3-4,9-10H2,1-2H3,(H,21,24). The molecule has 0 fully saturated rings. The van der Waals surface area contributed by atoms with Crippen LogP contribution in [0.5, 0.6) is 5.75 Å². The van der Waals surface area contributed by atoms with Gasteiger partial charge >= 0.3 is 0 Å². The largest absolute Gasteiger partial charge is 0.493 e. The third kappa shape index (κ3) is 3.12. The van der Waals surface area contributed by atoms with Crippen LogP contribution in [0.4, 0.5) is 10.8 Å². The van der Waals surface area contributed by atoms with Gasteiger partial charge in [-0.15, -0.1) is 0 Å². The molecule has 2 aromatic carbocycles. The summed E-state index contributed by atoms with van der Waals surface area (Å²) in [5.74, 6) is 0.771. The minimum atomic E-state index is -0.113. The number of nitrogens with one attached hydrogen (secondary N) is 1. The number of hydrogen-bond acceptors (Lipinski definition) is 5. The summed E-state index contributed by atoms with van der Waals surface area (Å²) in [6, 6.07) is 11.5. The Morgan fingerprint density at radius 2 is 2.08 bits per heavy atom. The van der Waals surface area contributed by atoms with E-state index < -0.39 is 0 Å². The lowest BCUT2D eigenvalue weighted by molar-refractivity contribution is 0.102. The summed E-state index contributed by atoms with van der Waals surface area (Å²) in [5.41, 5.74) is 3.42. The molecule has 0 radical (unpaired) electrons. The molecule has 5 nitrogen and oxygen atoms in total. The van der Waals surface area contributed by atoms with Gasteiger partial charge in [-0.3, -0.25) is 4.79 Å². The van der Waals surface area contributed by atoms with Crippen molar-refractivity contribution in [2.24, 2.45) is 0 Å². The number of thiazole rings is 1. The lowest BCUT2D eigenvalue weighted by atomic mass is 10.1. The SMILES string of the molecule is CCN(CC)c1nc2cc(NC(=O)c3ccc4c(c3)CCO4)ccc2s1. The monoisotopic (exact) mass is 367 g/mol. The van der Waals surface area contributed by atoms with E-state index in [9.17, 15) is 4.79 Å². The van der Waals surface area contributed by atoms with Gasteiger partial charge in [-0.25, -0.2) is 4.98 Å². The lowest BCUT2D eigenvalue weighted by Gasteiger charge is -2.16. The van der Waals surface area contributed by atoms with Crippen LogP contribution in [0.3, 0.4) is 0 Å². The van der Waals surface area contributed by atoms with E-state index in [0.717, 1.165) is 51.9 Å². The van der Waals surface area contributed by atoms with Crippen molar-refractivity contribution < 1.29 is 9.53 Å². The molecule has 4 rings (SSSR count). The van der Waals surface area contributed by atoms with Crippen LogP contribution in [0, 0.1) is 0 Å². The topological polar surface area (TPSA) is 54.5 Å². The smallest absolute Gasteiger partial charge is 0.255 e. The van der Waals surface area contributed by atoms with E-state index in [1.807, 2.05) is 30.3 Å². The summed E-state index contributed by atoms with van der Waals surface area (Å²) in [6.45, 7) is 6.81. The van der Waals surface area contributed by atoms with E-state index in [1.54, 1.807) is 17.4 Å². The number of hydrogen-bond donors (Lipinski definition) is 1. The summed E-state index contributed by atoms with van der Waals surface area (Å²) in [4.78, 5) is 19.5. The highest BCUT2D eigenvalue weighted by atomic mass is 32.1. The van der Waals surface area contributed by atoms with E-state index in [0.29, 0.717) is 12.2 Å². The summed E-state index contributed by atoms with van der Waals surface area (Å²) in [7, 11) is 0. The average Bonchev–Trinajstić information content (AvgIpc) is 3.28. The van der Waals surface area contributed by atoms with Gasteiger partial charge in [0.2, 0.25) is 0 Å². The van der Waals surface area contributed by atoms with E-state index in [-0.39, 0.29) is 5.91 Å². The maximum atomic E-state index is 12.6. The zero-order valence-electron chi connectivity index (χ0n) is 14.9. The van der Waals surface area contributed by atoms with E-state index in [1.165, 1.54) is 0 Å². The van der Waals surface area contributed by atoms with Crippen molar-refractivity contribution in [1.82, 2.24) is 4.98 Å². The molecule has 1 N–H and O–H groups in total. The van der Waals surface area contributed by atoms with Crippen LogP contribution in [-0.2, 0) is 6.42 Å². The number of carbonyl (C=O) groups is 1. The van der Waals surface area contributed by atoms with Crippen LogP contribution in [-0.4, -0.2) is 30.6 Å². The first-order chi connectivity index (χ1) is 12.7. The van der Waals surface area contributed by atoms with Gasteiger partial charge in [-0.05, 0) is 55.8 Å². The molecule has 0 atom stereocenters. The molecule has 0 aliphatic carbocycles. The van der Waals surface area contributed by atoms with Crippen LogP contribution < -0.4 is 15.0 Å². The van der Waals surface area contributed by atoms with E-state index in [2.05, 4.69) is 24.1 Å². The minimum absolute atomic E-state index is 0.113. The first kappa shape index (κ1) is 16.8. The number of carbonyl (C=O) groups excluding carboxylic acids is 1. The number of nitrogens with zero attached hydrogens (tertiary/aromatic N) is 2. The predicted molar refractivity (Wildman–Crippen MR) is 107 cm³/mol. The van der Waals surface area contributed by atoms with Crippen LogP contribution in [0.15, 0.2) is 36.4 Å². The Morgan fingerprint density at radius 1 is 1.23 bits per heavy atom. The summed E-state index contributed by atoms with van der Waals surface area (Å²) in [5, 5.41) is 4.00. The van der Waals surface area contributed by atoms with Crippen LogP contribution in [0.1, 0.15) is 29.8 Å². The second-order valence-corrected chi connectivity index (χ2v) is 7.24. The van der Waals surface area contributed by atoms with E-state index >= 15 is 0 Å². The molecule has 0 bridgehead atoms. The molecule has 3 aromatic rings. The van der Waals surface area contributed by atoms with Crippen molar-refractivity contribution in [3.05, 3.63) is 47.5 Å². The number of ether oxygens (including phenoxy) is 1. The molecule has 26 heavy (non-hydrogen) atoms. The zero-order chi connectivity index (χ0) is 18.1. The molecule has 1 aliphatic heterocycles. The van der Waals surface area contributed by atoms with Crippen molar-refractivity contribution in [2.45, 2.75) is 20.3 Å². The van der Waals surface area contributed by atoms with Crippen LogP contribution in [0.2, 0.25) is 0 Å². The number of benzene rings is 2. The first-order valence-corrected chi connectivity index (χ1v) is 9.72. The quantitative estimate of drug-likeness (QED) is 0.729. The van der Waals surface area contributed by atoms with Gasteiger partial charge in [0.1, 0.15) is 5.75 Å². The maximum absolute atomic E-state index is 12.6. The Kier molecular flexibility index (Phi) is 4.51. The van der Waals surface area contributed by atoms with Gasteiger partial charge < -0.3 is 15.0 Å². The Hall–Kier alpha value is -2.60. The minimum Gasteiger partial charge on any atom is -0.493 e. The molecule has 0 saturated carbocycles. The van der Waals surface area contributed by atoms with Gasteiger partial charge in [0.05, 0.1) is 16.8 Å². The molecule has 134 valence electrons. The van der Waals surface area contributed by atoms with Gasteiger partial charge in [-0.1, -0.05) is 11.3 Å². The highest BCUT2D eigenvalue weighted by Gasteiger charge is 2.16. The van der Waals surface area contributed by atoms with Gasteiger partial charge in [0.25, 0.3) is 5.91 Å². The molecule has 1 amide bonds. The first-order valence-electron chi connectivity index (χ1n) is 8.90. The number of amides is 1. The fourth-order valence-electron chi connectivity index (χ4n) is 3.15. The van der Waals surface area contributed by atoms with Crippen molar-refractivity contribution in [2.75, 3.05) is 29.9 Å². The van der Waals surface area contributed by atoms with Gasteiger partial charge in [0, 0.05) is 30.8 Å².